The van der Waals surface area contributed by atoms with Crippen LogP contribution in [-0.2, 0) is 0 Å². The maximum Gasteiger partial charge on any atom is 0.164 e. The van der Waals surface area contributed by atoms with Gasteiger partial charge in [-0.05, 0) is 24.1 Å². The van der Waals surface area contributed by atoms with Crippen LogP contribution < -0.4 is 4.74 Å². The lowest BCUT2D eigenvalue weighted by Gasteiger charge is -2.24. The van der Waals surface area contributed by atoms with Crippen LogP contribution in [0.5, 0.6) is 5.75 Å². The van der Waals surface area contributed by atoms with Gasteiger partial charge in [0.25, 0.3) is 0 Å². The monoisotopic (exact) mass is 238 g/mol. The van der Waals surface area contributed by atoms with Crippen LogP contribution in [0.15, 0.2) is 18.2 Å². The summed E-state index contributed by atoms with van der Waals surface area (Å²) in [4.78, 5) is 11.9. The van der Waals surface area contributed by atoms with E-state index in [9.17, 15) is 4.79 Å². The van der Waals surface area contributed by atoms with Gasteiger partial charge in [-0.3, -0.25) is 4.79 Å². The molecule has 2 nitrogen and oxygen atoms in total. The molecule has 0 heterocycles. The number of hydrogen-bond donors (Lipinski definition) is 0. The Bertz CT molecular complexity index is 397. The molecule has 3 heteroatoms. The molecule has 1 fully saturated rings. The van der Waals surface area contributed by atoms with Crippen molar-refractivity contribution in [2.75, 3.05) is 7.11 Å². The normalized spacial score (nSPS) is 15.6. The number of rotatable bonds is 4. The number of methoxy groups -OCH3 is 1. The number of carbonyl (C=O) groups is 1. The summed E-state index contributed by atoms with van der Waals surface area (Å²) < 4.78 is 5.05. The van der Waals surface area contributed by atoms with Gasteiger partial charge >= 0.3 is 0 Å². The molecule has 1 saturated carbocycles. The number of ether oxygens (including phenoxy) is 1. The number of Topliss-reactive ketones (excluding diaryl/α,β-unsaturated/α-hetero) is 1. The van der Waals surface area contributed by atoms with Crippen LogP contribution in [-0.4, -0.2) is 12.9 Å². The molecular weight excluding hydrogens is 224 g/mol. The summed E-state index contributed by atoms with van der Waals surface area (Å²) in [5.74, 6) is 1.41. The van der Waals surface area contributed by atoms with Gasteiger partial charge in [-0.1, -0.05) is 30.9 Å². The first-order valence-electron chi connectivity index (χ1n) is 5.57. The van der Waals surface area contributed by atoms with Gasteiger partial charge in [-0.2, -0.15) is 0 Å². The second-order valence-corrected chi connectivity index (χ2v) is 4.68. The van der Waals surface area contributed by atoms with Gasteiger partial charge < -0.3 is 4.74 Å². The largest absolute Gasteiger partial charge is 0.497 e. The molecule has 0 saturated heterocycles. The van der Waals surface area contributed by atoms with Crippen LogP contribution in [0.1, 0.15) is 36.0 Å². The van der Waals surface area contributed by atoms with Gasteiger partial charge in [0.15, 0.2) is 5.78 Å². The highest BCUT2D eigenvalue weighted by Crippen LogP contribution is 2.32. The van der Waals surface area contributed by atoms with E-state index in [-0.39, 0.29) is 5.78 Å². The molecule has 1 aliphatic carbocycles. The lowest BCUT2D eigenvalue weighted by atomic mass is 9.81. The van der Waals surface area contributed by atoms with Crippen molar-refractivity contribution in [3.63, 3.8) is 0 Å². The molecule has 0 spiro atoms. The Balaban J connectivity index is 2.09. The first kappa shape index (κ1) is 11.5. The molecule has 1 aliphatic rings. The zero-order chi connectivity index (χ0) is 11.5. The molecule has 86 valence electrons. The van der Waals surface area contributed by atoms with Gasteiger partial charge in [0.1, 0.15) is 5.75 Å². The van der Waals surface area contributed by atoms with E-state index in [1.54, 1.807) is 25.3 Å². The van der Waals surface area contributed by atoms with Crippen molar-refractivity contribution in [2.24, 2.45) is 5.92 Å². The summed E-state index contributed by atoms with van der Waals surface area (Å²) in [6.07, 6.45) is 4.25. The third-order valence-electron chi connectivity index (χ3n) is 3.18. The lowest BCUT2D eigenvalue weighted by molar-refractivity contribution is 0.0936. The van der Waals surface area contributed by atoms with Gasteiger partial charge in [0.2, 0.25) is 0 Å². The minimum absolute atomic E-state index is 0.150. The minimum Gasteiger partial charge on any atom is -0.497 e. The Kier molecular flexibility index (Phi) is 3.49. The summed E-state index contributed by atoms with van der Waals surface area (Å²) in [6, 6.07) is 5.22. The molecule has 1 aromatic rings. The van der Waals surface area contributed by atoms with E-state index in [4.69, 9.17) is 16.3 Å². The average Bonchev–Trinajstić information content (AvgIpc) is 2.23. The van der Waals surface area contributed by atoms with Crippen molar-refractivity contribution < 1.29 is 9.53 Å². The number of carbonyl (C=O) groups excluding carboxylic acids is 1. The maximum atomic E-state index is 11.9. The van der Waals surface area contributed by atoms with Crippen LogP contribution >= 0.6 is 11.6 Å². The summed E-state index contributed by atoms with van der Waals surface area (Å²) in [5.41, 5.74) is 0.620. The fraction of sp³-hybridized carbons (Fsp3) is 0.462. The Hall–Kier alpha value is -1.02. The fourth-order valence-corrected chi connectivity index (χ4v) is 2.19. The highest BCUT2D eigenvalue weighted by Gasteiger charge is 2.22. The molecule has 16 heavy (non-hydrogen) atoms. The number of halogens is 1. The molecule has 0 amide bonds. The first-order valence-corrected chi connectivity index (χ1v) is 5.95. The standard InChI is InChI=1S/C13H15ClO2/c1-16-10-5-6-11(12(14)8-10)13(15)7-9-3-2-4-9/h5-6,8-9H,2-4,7H2,1H3. The average molecular weight is 239 g/mol. The van der Waals surface area contributed by atoms with Gasteiger partial charge in [-0.15, -0.1) is 0 Å². The number of benzene rings is 1. The van der Waals surface area contributed by atoms with E-state index >= 15 is 0 Å². The van der Waals surface area contributed by atoms with Gasteiger partial charge in [0, 0.05) is 12.0 Å². The predicted octanol–water partition coefficient (Wildman–Crippen LogP) is 3.72. The lowest BCUT2D eigenvalue weighted by Crippen LogP contribution is -2.16. The molecule has 0 bridgehead atoms. The van der Waals surface area contributed by atoms with E-state index in [2.05, 4.69) is 0 Å². The van der Waals surface area contributed by atoms with Crippen molar-refractivity contribution in [2.45, 2.75) is 25.7 Å². The highest BCUT2D eigenvalue weighted by molar-refractivity contribution is 6.34. The van der Waals surface area contributed by atoms with E-state index < -0.39 is 0 Å². The van der Waals surface area contributed by atoms with Crippen LogP contribution in [0.3, 0.4) is 0 Å². The second-order valence-electron chi connectivity index (χ2n) is 4.27. The Labute approximate surface area is 101 Å². The van der Waals surface area contributed by atoms with Crippen molar-refractivity contribution in [1.82, 2.24) is 0 Å². The fourth-order valence-electron chi connectivity index (χ4n) is 1.92. The van der Waals surface area contributed by atoms with Crippen LogP contribution in [0.2, 0.25) is 5.02 Å². The topological polar surface area (TPSA) is 26.3 Å². The first-order chi connectivity index (χ1) is 7.70. The Morgan fingerprint density at radius 3 is 2.75 bits per heavy atom. The number of hydrogen-bond acceptors (Lipinski definition) is 2. The Morgan fingerprint density at radius 1 is 1.50 bits per heavy atom. The zero-order valence-corrected chi connectivity index (χ0v) is 10.1. The quantitative estimate of drug-likeness (QED) is 0.748. The van der Waals surface area contributed by atoms with E-state index in [1.807, 2.05) is 0 Å². The molecule has 0 atom stereocenters. The summed E-state index contributed by atoms with van der Waals surface area (Å²) in [5, 5.41) is 0.490. The molecule has 0 aliphatic heterocycles. The summed E-state index contributed by atoms with van der Waals surface area (Å²) in [7, 11) is 1.58. The molecule has 0 N–H and O–H groups in total. The van der Waals surface area contributed by atoms with Crippen molar-refractivity contribution >= 4 is 17.4 Å². The molecule has 2 rings (SSSR count). The molecule has 0 unspecified atom stereocenters. The highest BCUT2D eigenvalue weighted by atomic mass is 35.5. The predicted molar refractivity (Wildman–Crippen MR) is 64.3 cm³/mol. The van der Waals surface area contributed by atoms with Crippen LogP contribution in [0.25, 0.3) is 0 Å². The second kappa shape index (κ2) is 4.88. The van der Waals surface area contributed by atoms with E-state index in [0.717, 1.165) is 0 Å². The summed E-state index contributed by atoms with van der Waals surface area (Å²) in [6.45, 7) is 0. The van der Waals surface area contributed by atoms with Gasteiger partial charge in [0.05, 0.1) is 12.1 Å². The van der Waals surface area contributed by atoms with E-state index in [1.165, 1.54) is 19.3 Å². The smallest absolute Gasteiger partial charge is 0.164 e. The third-order valence-corrected chi connectivity index (χ3v) is 3.49. The third kappa shape index (κ3) is 2.38. The van der Waals surface area contributed by atoms with Crippen LogP contribution in [0.4, 0.5) is 0 Å². The molecule has 0 radical (unpaired) electrons. The SMILES string of the molecule is COc1ccc(C(=O)CC2CCC2)c(Cl)c1. The number of ketones is 1. The van der Waals surface area contributed by atoms with Crippen molar-refractivity contribution in [3.8, 4) is 5.75 Å². The maximum absolute atomic E-state index is 11.9. The molecule has 0 aromatic heterocycles. The minimum atomic E-state index is 0.150. The molecule has 1 aromatic carbocycles. The van der Waals surface area contributed by atoms with E-state index in [0.29, 0.717) is 28.7 Å². The van der Waals surface area contributed by atoms with Crippen LogP contribution in [0, 0.1) is 5.92 Å². The molecular formula is C13H15ClO2. The summed E-state index contributed by atoms with van der Waals surface area (Å²) >= 11 is 6.05. The van der Waals surface area contributed by atoms with Crippen molar-refractivity contribution in [3.05, 3.63) is 28.8 Å². The van der Waals surface area contributed by atoms with Crippen molar-refractivity contribution in [1.29, 1.82) is 0 Å². The zero-order valence-electron chi connectivity index (χ0n) is 9.33. The van der Waals surface area contributed by atoms with Gasteiger partial charge in [-0.25, -0.2) is 0 Å². The Morgan fingerprint density at radius 2 is 2.25 bits per heavy atom.